The zero-order valence-corrected chi connectivity index (χ0v) is 11.9. The topological polar surface area (TPSA) is 66.4 Å². The number of nitrogens with one attached hydrogen (secondary N) is 1. The Morgan fingerprint density at radius 1 is 1.25 bits per heavy atom. The Hall–Kier alpha value is -1.81. The molecular weight excluding hydrogens is 278 g/mol. The third kappa shape index (κ3) is 3.20. The highest BCUT2D eigenvalue weighted by Gasteiger charge is 2.34. The fraction of sp³-hybridized carbons (Fsp3) is 0.333. The second kappa shape index (κ2) is 6.09. The zero-order valence-electron chi connectivity index (χ0n) is 11.1. The van der Waals surface area contributed by atoms with Crippen molar-refractivity contribution < 1.29 is 14.7 Å². The SMILES string of the molecule is Cc1ccc(Cl)cc1NC(=O)C1CC=CCC1C(=O)O. The molecule has 0 fully saturated rings. The summed E-state index contributed by atoms with van der Waals surface area (Å²) >= 11 is 5.91. The first-order chi connectivity index (χ1) is 9.49. The van der Waals surface area contributed by atoms with Gasteiger partial charge < -0.3 is 10.4 Å². The maximum atomic E-state index is 12.3. The van der Waals surface area contributed by atoms with Gasteiger partial charge in [-0.25, -0.2) is 0 Å². The van der Waals surface area contributed by atoms with E-state index in [0.29, 0.717) is 23.6 Å². The van der Waals surface area contributed by atoms with Crippen LogP contribution in [0.4, 0.5) is 5.69 Å². The van der Waals surface area contributed by atoms with Crippen molar-refractivity contribution in [3.8, 4) is 0 Å². The Morgan fingerprint density at radius 3 is 2.55 bits per heavy atom. The number of hydrogen-bond donors (Lipinski definition) is 2. The third-order valence-electron chi connectivity index (χ3n) is 3.54. The summed E-state index contributed by atoms with van der Waals surface area (Å²) < 4.78 is 0. The quantitative estimate of drug-likeness (QED) is 0.841. The lowest BCUT2D eigenvalue weighted by Gasteiger charge is -2.24. The van der Waals surface area contributed by atoms with E-state index in [0.717, 1.165) is 5.56 Å². The maximum Gasteiger partial charge on any atom is 0.307 e. The molecule has 2 atom stereocenters. The minimum absolute atomic E-state index is 0.271. The highest BCUT2D eigenvalue weighted by Crippen LogP contribution is 2.28. The largest absolute Gasteiger partial charge is 0.481 e. The number of benzene rings is 1. The molecule has 0 saturated heterocycles. The van der Waals surface area contributed by atoms with E-state index in [1.54, 1.807) is 12.1 Å². The van der Waals surface area contributed by atoms with Gasteiger partial charge in [0.1, 0.15) is 0 Å². The number of carboxylic acid groups (broad SMARTS) is 1. The Balaban J connectivity index is 2.16. The Labute approximate surface area is 122 Å². The number of hydrogen-bond acceptors (Lipinski definition) is 2. The Bertz CT molecular complexity index is 568. The van der Waals surface area contributed by atoms with Gasteiger partial charge in [-0.15, -0.1) is 0 Å². The van der Waals surface area contributed by atoms with E-state index in [1.165, 1.54) is 0 Å². The second-order valence-corrected chi connectivity index (χ2v) is 5.38. The molecule has 2 unspecified atom stereocenters. The van der Waals surface area contributed by atoms with Crippen LogP contribution in [0.2, 0.25) is 5.02 Å². The van der Waals surface area contributed by atoms with Crippen LogP contribution >= 0.6 is 11.6 Å². The summed E-state index contributed by atoms with van der Waals surface area (Å²) in [6.07, 6.45) is 4.51. The molecule has 20 heavy (non-hydrogen) atoms. The van der Waals surface area contributed by atoms with Gasteiger partial charge in [0.05, 0.1) is 11.8 Å². The van der Waals surface area contributed by atoms with Crippen LogP contribution in [0, 0.1) is 18.8 Å². The smallest absolute Gasteiger partial charge is 0.307 e. The predicted molar refractivity (Wildman–Crippen MR) is 77.8 cm³/mol. The first-order valence-corrected chi connectivity index (χ1v) is 6.81. The molecule has 1 amide bonds. The number of allylic oxidation sites excluding steroid dienone is 2. The first kappa shape index (κ1) is 14.6. The molecule has 0 aliphatic heterocycles. The number of anilines is 1. The van der Waals surface area contributed by atoms with E-state index in [-0.39, 0.29) is 5.91 Å². The van der Waals surface area contributed by atoms with Crippen molar-refractivity contribution in [2.45, 2.75) is 19.8 Å². The Kier molecular flexibility index (Phi) is 4.45. The van der Waals surface area contributed by atoms with Crippen LogP contribution in [-0.2, 0) is 9.59 Å². The molecule has 0 aromatic heterocycles. The monoisotopic (exact) mass is 293 g/mol. The molecule has 1 aromatic carbocycles. The first-order valence-electron chi connectivity index (χ1n) is 6.44. The van der Waals surface area contributed by atoms with Crippen molar-refractivity contribution in [2.24, 2.45) is 11.8 Å². The standard InChI is InChI=1S/C15H16ClNO3/c1-9-6-7-10(16)8-13(9)17-14(18)11-4-2-3-5-12(11)15(19)20/h2-3,6-8,11-12H,4-5H2,1H3,(H,17,18)(H,19,20). The van der Waals surface area contributed by atoms with Gasteiger partial charge in [-0.3, -0.25) is 9.59 Å². The lowest BCUT2D eigenvalue weighted by Crippen LogP contribution is -2.34. The number of aliphatic carboxylic acids is 1. The minimum atomic E-state index is -0.933. The molecule has 1 aliphatic rings. The van der Waals surface area contributed by atoms with Crippen LogP contribution in [0.15, 0.2) is 30.4 Å². The summed E-state index contributed by atoms with van der Waals surface area (Å²) in [5.74, 6) is -2.42. The fourth-order valence-corrected chi connectivity index (χ4v) is 2.50. The van der Waals surface area contributed by atoms with Crippen LogP contribution in [0.25, 0.3) is 0 Å². The molecule has 0 bridgehead atoms. The molecule has 0 radical (unpaired) electrons. The molecule has 106 valence electrons. The number of carbonyl (C=O) groups is 2. The fourth-order valence-electron chi connectivity index (χ4n) is 2.33. The highest BCUT2D eigenvalue weighted by atomic mass is 35.5. The molecule has 0 spiro atoms. The van der Waals surface area contributed by atoms with Gasteiger partial charge in [-0.2, -0.15) is 0 Å². The minimum Gasteiger partial charge on any atom is -0.481 e. The van der Waals surface area contributed by atoms with Crippen molar-refractivity contribution in [1.82, 2.24) is 0 Å². The predicted octanol–water partition coefficient (Wildman–Crippen LogP) is 3.25. The number of aryl methyl sites for hydroxylation is 1. The van der Waals surface area contributed by atoms with Gasteiger partial charge in [-0.05, 0) is 37.5 Å². The van der Waals surface area contributed by atoms with Crippen molar-refractivity contribution in [3.63, 3.8) is 0 Å². The Morgan fingerprint density at radius 2 is 1.90 bits per heavy atom. The summed E-state index contributed by atoms with van der Waals surface area (Å²) in [7, 11) is 0. The van der Waals surface area contributed by atoms with Crippen molar-refractivity contribution in [3.05, 3.63) is 40.9 Å². The third-order valence-corrected chi connectivity index (χ3v) is 3.78. The molecule has 1 aromatic rings. The van der Waals surface area contributed by atoms with Gasteiger partial charge in [0.15, 0.2) is 0 Å². The van der Waals surface area contributed by atoms with Crippen LogP contribution in [0.5, 0.6) is 0 Å². The summed E-state index contributed by atoms with van der Waals surface area (Å²) in [6.45, 7) is 1.86. The lowest BCUT2D eigenvalue weighted by molar-refractivity contribution is -0.146. The van der Waals surface area contributed by atoms with Gasteiger partial charge in [0, 0.05) is 10.7 Å². The summed E-state index contributed by atoms with van der Waals surface area (Å²) in [4.78, 5) is 23.5. The maximum absolute atomic E-state index is 12.3. The van der Waals surface area contributed by atoms with Gasteiger partial charge in [-0.1, -0.05) is 29.8 Å². The van der Waals surface area contributed by atoms with Gasteiger partial charge in [0.25, 0.3) is 0 Å². The van der Waals surface area contributed by atoms with Crippen LogP contribution < -0.4 is 5.32 Å². The zero-order chi connectivity index (χ0) is 14.7. The highest BCUT2D eigenvalue weighted by molar-refractivity contribution is 6.31. The number of carbonyl (C=O) groups excluding carboxylic acids is 1. The van der Waals surface area contributed by atoms with Gasteiger partial charge in [0.2, 0.25) is 5.91 Å². The molecular formula is C15H16ClNO3. The van der Waals surface area contributed by atoms with Crippen LogP contribution in [0.3, 0.4) is 0 Å². The van der Waals surface area contributed by atoms with Gasteiger partial charge >= 0.3 is 5.97 Å². The van der Waals surface area contributed by atoms with E-state index in [1.807, 2.05) is 25.1 Å². The van der Waals surface area contributed by atoms with E-state index >= 15 is 0 Å². The molecule has 0 saturated carbocycles. The summed E-state index contributed by atoms with van der Waals surface area (Å²) in [5, 5.41) is 12.5. The van der Waals surface area contributed by atoms with Crippen molar-refractivity contribution >= 4 is 29.2 Å². The normalized spacial score (nSPS) is 21.5. The molecule has 4 nitrogen and oxygen atoms in total. The van der Waals surface area contributed by atoms with Crippen molar-refractivity contribution in [2.75, 3.05) is 5.32 Å². The van der Waals surface area contributed by atoms with Crippen molar-refractivity contribution in [1.29, 1.82) is 0 Å². The van der Waals surface area contributed by atoms with E-state index in [4.69, 9.17) is 11.6 Å². The number of rotatable bonds is 3. The molecule has 1 aliphatic carbocycles. The lowest BCUT2D eigenvalue weighted by atomic mass is 9.82. The average Bonchev–Trinajstić information content (AvgIpc) is 2.42. The van der Waals surface area contributed by atoms with Crippen LogP contribution in [0.1, 0.15) is 18.4 Å². The van der Waals surface area contributed by atoms with E-state index in [2.05, 4.69) is 5.32 Å². The summed E-state index contributed by atoms with van der Waals surface area (Å²) in [5.41, 5.74) is 1.52. The van der Waals surface area contributed by atoms with E-state index < -0.39 is 17.8 Å². The second-order valence-electron chi connectivity index (χ2n) is 4.94. The van der Waals surface area contributed by atoms with Crippen LogP contribution in [-0.4, -0.2) is 17.0 Å². The van der Waals surface area contributed by atoms with E-state index in [9.17, 15) is 14.7 Å². The number of carboxylic acids is 1. The average molecular weight is 294 g/mol. The molecule has 2 N–H and O–H groups in total. The summed E-state index contributed by atoms with van der Waals surface area (Å²) in [6, 6.07) is 5.23. The molecule has 0 heterocycles. The molecule has 2 rings (SSSR count). The number of amides is 1. The number of halogens is 1. The molecule has 5 heteroatoms.